The van der Waals surface area contributed by atoms with E-state index in [0.29, 0.717) is 19.8 Å². The molecule has 6 rings (SSSR count). The van der Waals surface area contributed by atoms with Crippen LogP contribution in [0.15, 0.2) is 91.1 Å². The molecule has 43 heavy (non-hydrogen) atoms. The number of aromatic nitrogens is 2. The van der Waals surface area contributed by atoms with E-state index in [0.717, 1.165) is 66.6 Å². The van der Waals surface area contributed by atoms with Crippen LogP contribution in [0.1, 0.15) is 23.9 Å². The molecule has 1 fully saturated rings. The van der Waals surface area contributed by atoms with Crippen molar-refractivity contribution in [1.82, 2.24) is 15.3 Å². The summed E-state index contributed by atoms with van der Waals surface area (Å²) >= 11 is 3.53. The summed E-state index contributed by atoms with van der Waals surface area (Å²) < 4.78 is 10.7. The number of methoxy groups -OCH3 is 1. The van der Waals surface area contributed by atoms with E-state index in [-0.39, 0.29) is 11.6 Å². The van der Waals surface area contributed by atoms with Crippen molar-refractivity contribution >= 4 is 34.9 Å². The minimum Gasteiger partial charge on any atom is -0.383 e. The molecule has 0 radical (unpaired) electrons. The van der Waals surface area contributed by atoms with Crippen LogP contribution < -0.4 is 21.1 Å². The van der Waals surface area contributed by atoms with Gasteiger partial charge in [0.1, 0.15) is 0 Å². The molecule has 2 aliphatic rings. The van der Waals surface area contributed by atoms with Crippen LogP contribution in [-0.4, -0.2) is 63.1 Å². The molecule has 1 unspecified atom stereocenters. The fourth-order valence-electron chi connectivity index (χ4n) is 5.38. The third-order valence-electron chi connectivity index (χ3n) is 7.55. The molecule has 0 spiro atoms. The highest BCUT2D eigenvalue weighted by atomic mass is 32.2. The van der Waals surface area contributed by atoms with Crippen LogP contribution in [0.5, 0.6) is 0 Å². The number of pyridine rings is 2. The lowest BCUT2D eigenvalue weighted by Crippen LogP contribution is -2.36. The fraction of sp³-hybridized carbons (Fsp3) is 0.333. The molecular weight excluding hydrogens is 579 g/mol. The molecule has 2 aromatic carbocycles. The van der Waals surface area contributed by atoms with Gasteiger partial charge in [0.25, 0.3) is 0 Å². The van der Waals surface area contributed by atoms with Crippen LogP contribution in [0.4, 0.5) is 11.4 Å². The van der Waals surface area contributed by atoms with Gasteiger partial charge in [0.15, 0.2) is 0 Å². The number of nitrogens with one attached hydrogen (secondary N) is 3. The molecule has 0 bridgehead atoms. The first-order chi connectivity index (χ1) is 21.1. The number of H-pyrrole nitrogens is 1. The highest BCUT2D eigenvalue weighted by Crippen LogP contribution is 2.52. The predicted molar refractivity (Wildman–Crippen MR) is 175 cm³/mol. The summed E-state index contributed by atoms with van der Waals surface area (Å²) in [5.41, 5.74) is 5.85. The van der Waals surface area contributed by atoms with E-state index < -0.39 is 0 Å². The maximum Gasteiger partial charge on any atom is 0.250 e. The molecule has 0 saturated carbocycles. The molecule has 8 nitrogen and oxygen atoms in total. The number of nitrogens with zero attached hydrogens (tertiary/aromatic N) is 2. The van der Waals surface area contributed by atoms with E-state index in [2.05, 4.69) is 75.1 Å². The average molecular weight is 616 g/mol. The first-order valence-electron chi connectivity index (χ1n) is 14.7. The van der Waals surface area contributed by atoms with Crippen LogP contribution in [0.25, 0.3) is 11.3 Å². The number of aromatic amines is 1. The topological polar surface area (TPSA) is 91.5 Å². The van der Waals surface area contributed by atoms with Gasteiger partial charge in [-0.3, -0.25) is 9.78 Å². The number of rotatable bonds is 11. The van der Waals surface area contributed by atoms with Crippen molar-refractivity contribution in [2.75, 3.05) is 63.3 Å². The van der Waals surface area contributed by atoms with Gasteiger partial charge < -0.3 is 30.0 Å². The molecule has 2 aromatic heterocycles. The zero-order valence-corrected chi connectivity index (χ0v) is 26.2. The first-order valence-corrected chi connectivity index (χ1v) is 16.3. The second-order valence-electron chi connectivity index (χ2n) is 10.6. The zero-order chi connectivity index (χ0) is 29.6. The third kappa shape index (κ3) is 7.27. The Kier molecular flexibility index (Phi) is 9.70. The summed E-state index contributed by atoms with van der Waals surface area (Å²) in [6.45, 7) is 7.34. The van der Waals surface area contributed by atoms with E-state index in [1.54, 1.807) is 36.7 Å². The molecule has 224 valence electrons. The number of ether oxygens (including phenoxy) is 2. The molecule has 1 saturated heterocycles. The Morgan fingerprint density at radius 1 is 1.00 bits per heavy atom. The Labute approximate surface area is 261 Å². The van der Waals surface area contributed by atoms with Crippen LogP contribution >= 0.6 is 23.5 Å². The lowest BCUT2D eigenvalue weighted by molar-refractivity contribution is 0.122. The molecule has 2 aliphatic heterocycles. The number of aryl methyl sites for hydroxylation is 1. The minimum absolute atomic E-state index is 0.0729. The maximum atomic E-state index is 12.7. The molecule has 0 aliphatic carbocycles. The molecular formula is C33H37N5O3S2. The second-order valence-corrected chi connectivity index (χ2v) is 12.8. The normalized spacial score (nSPS) is 15.1. The highest BCUT2D eigenvalue weighted by Gasteiger charge is 2.23. The largest absolute Gasteiger partial charge is 0.383 e. The standard InChI is InChI=1S/C33H37N5O3S2/c1-22-5-3-7-26(35-22)27(11-12-34-13-16-40-2)36-23-9-10-29-31(19-23)42-30-8-4-6-25(33(30)43-29)28-20-24(21-32(39)37-28)38-14-17-41-18-15-38/h3-10,19-21,27,34,36H,11-18H2,1-2H3,(H,37,39). The summed E-state index contributed by atoms with van der Waals surface area (Å²) in [7, 11) is 1.72. The summed E-state index contributed by atoms with van der Waals surface area (Å²) in [6, 6.07) is 23.0. The van der Waals surface area contributed by atoms with E-state index in [4.69, 9.17) is 14.5 Å². The van der Waals surface area contributed by atoms with Gasteiger partial charge >= 0.3 is 0 Å². The van der Waals surface area contributed by atoms with Gasteiger partial charge in [-0.25, -0.2) is 0 Å². The van der Waals surface area contributed by atoms with Gasteiger partial charge in [0.2, 0.25) is 5.56 Å². The van der Waals surface area contributed by atoms with Gasteiger partial charge in [-0.2, -0.15) is 0 Å². The maximum absolute atomic E-state index is 12.7. The van der Waals surface area contributed by atoms with Crippen molar-refractivity contribution in [3.63, 3.8) is 0 Å². The van der Waals surface area contributed by atoms with E-state index in [1.165, 1.54) is 19.6 Å². The van der Waals surface area contributed by atoms with E-state index in [9.17, 15) is 4.79 Å². The smallest absolute Gasteiger partial charge is 0.250 e. The van der Waals surface area contributed by atoms with Crippen LogP contribution in [0, 0.1) is 6.92 Å². The number of hydrogen-bond donors (Lipinski definition) is 3. The molecule has 10 heteroatoms. The summed E-state index contributed by atoms with van der Waals surface area (Å²) in [4.78, 5) is 27.6. The molecule has 1 atom stereocenters. The Morgan fingerprint density at radius 3 is 2.70 bits per heavy atom. The van der Waals surface area contributed by atoms with Crippen LogP contribution in [-0.2, 0) is 9.47 Å². The molecule has 4 heterocycles. The van der Waals surface area contributed by atoms with Crippen molar-refractivity contribution in [3.8, 4) is 11.3 Å². The molecule has 4 aromatic rings. The highest BCUT2D eigenvalue weighted by molar-refractivity contribution is 8.05. The molecule has 3 N–H and O–H groups in total. The van der Waals surface area contributed by atoms with Gasteiger partial charge in [-0.05, 0) is 62.4 Å². The van der Waals surface area contributed by atoms with Gasteiger partial charge in [-0.1, -0.05) is 41.7 Å². The molecule has 0 amide bonds. The SMILES string of the molecule is COCCNCCC(Nc1ccc2c(c1)Sc1cccc(-c3cc(N4CCOCC4)cc(=O)[nH]3)c1S2)c1cccc(C)n1. The predicted octanol–water partition coefficient (Wildman–Crippen LogP) is 5.98. The Balaban J connectivity index is 1.23. The summed E-state index contributed by atoms with van der Waals surface area (Å²) in [5, 5.41) is 7.22. The number of fused-ring (bicyclic) bond motifs is 2. The average Bonchev–Trinajstić information content (AvgIpc) is 3.03. The summed E-state index contributed by atoms with van der Waals surface area (Å²) in [6.07, 6.45) is 0.896. The number of morpholine rings is 1. The minimum atomic E-state index is -0.0901. The second kappa shape index (κ2) is 14.0. The van der Waals surface area contributed by atoms with Crippen LogP contribution in [0.3, 0.4) is 0 Å². The first kappa shape index (κ1) is 29.8. The lowest BCUT2D eigenvalue weighted by atomic mass is 10.1. The van der Waals surface area contributed by atoms with Gasteiger partial charge in [-0.15, -0.1) is 0 Å². The Morgan fingerprint density at radius 2 is 1.86 bits per heavy atom. The number of anilines is 2. The number of benzene rings is 2. The van der Waals surface area contributed by atoms with Crippen molar-refractivity contribution in [1.29, 1.82) is 0 Å². The van der Waals surface area contributed by atoms with Gasteiger partial charge in [0.05, 0.1) is 37.3 Å². The number of hydrogen-bond acceptors (Lipinski definition) is 9. The Hall–Kier alpha value is -3.28. The van der Waals surface area contributed by atoms with E-state index in [1.807, 2.05) is 13.0 Å². The van der Waals surface area contributed by atoms with Crippen molar-refractivity contribution in [2.45, 2.75) is 39.0 Å². The van der Waals surface area contributed by atoms with Crippen molar-refractivity contribution in [3.05, 3.63) is 88.5 Å². The quantitative estimate of drug-likeness (QED) is 0.155. The third-order valence-corrected chi connectivity index (χ3v) is 10.1. The van der Waals surface area contributed by atoms with Crippen LogP contribution in [0.2, 0.25) is 0 Å². The Bertz CT molecular complexity index is 1620. The summed E-state index contributed by atoms with van der Waals surface area (Å²) in [5.74, 6) is 0. The lowest BCUT2D eigenvalue weighted by Gasteiger charge is -2.29. The fourth-order valence-corrected chi connectivity index (χ4v) is 7.79. The van der Waals surface area contributed by atoms with Gasteiger partial charge in [0, 0.05) is 75.0 Å². The monoisotopic (exact) mass is 615 g/mol. The van der Waals surface area contributed by atoms with Crippen molar-refractivity contribution in [2.24, 2.45) is 0 Å². The van der Waals surface area contributed by atoms with Crippen molar-refractivity contribution < 1.29 is 9.47 Å². The van der Waals surface area contributed by atoms with E-state index >= 15 is 0 Å². The zero-order valence-electron chi connectivity index (χ0n) is 24.5.